The minimum Gasteiger partial charge on any atom is -0.391 e. The zero-order chi connectivity index (χ0) is 14.2. The average molecular weight is 273 g/mol. The molecule has 2 rings (SSSR count). The Bertz CT molecular complexity index is 563. The van der Waals surface area contributed by atoms with Crippen molar-refractivity contribution in [3.63, 3.8) is 0 Å². The van der Waals surface area contributed by atoms with E-state index in [0.29, 0.717) is 0 Å². The molecule has 0 amide bonds. The fourth-order valence-corrected chi connectivity index (χ4v) is 2.04. The number of methoxy groups -OCH3 is 1. The number of aliphatic hydroxyl groups excluding tert-OH is 2. The van der Waals surface area contributed by atoms with Gasteiger partial charge in [0.2, 0.25) is 5.79 Å². The number of aliphatic hydroxyl groups is 2. The Balaban J connectivity index is 2.42. The van der Waals surface area contributed by atoms with Crippen molar-refractivity contribution in [2.45, 2.75) is 24.2 Å². The number of aromatic nitrogens is 2. The van der Waals surface area contributed by atoms with Crippen molar-refractivity contribution >= 4 is 0 Å². The molecule has 1 aromatic heterocycles. The van der Waals surface area contributed by atoms with Gasteiger partial charge in [-0.25, -0.2) is 4.79 Å². The predicted molar refractivity (Wildman–Crippen MR) is 62.3 cm³/mol. The second-order valence-electron chi connectivity index (χ2n) is 4.22. The van der Waals surface area contributed by atoms with Crippen molar-refractivity contribution in [1.29, 1.82) is 0 Å². The maximum Gasteiger partial charge on any atom is 0.330 e. The van der Waals surface area contributed by atoms with Gasteiger partial charge in [-0.3, -0.25) is 14.3 Å². The summed E-state index contributed by atoms with van der Waals surface area (Å²) in [6.45, 7) is -0.632. The van der Waals surface area contributed by atoms with Crippen molar-refractivity contribution < 1.29 is 19.7 Å². The Kier molecular flexibility index (Phi) is 3.56. The molecule has 0 aromatic carbocycles. The maximum atomic E-state index is 11.7. The fourth-order valence-electron chi connectivity index (χ4n) is 2.04. The zero-order valence-electron chi connectivity index (χ0n) is 10.1. The standard InChI is InChI=1S/C10H15N3O6/c1-18-10(4-14)7(16)6(11)8(19-10)13-3-2-5(15)12-9(13)17/h2-3,6-8,14,16H,4,11H2,1H3,(H,12,15,17)/t6-,7+,8-,10-/m1/s1. The number of H-pyrrole nitrogens is 1. The Hall–Kier alpha value is -1.52. The third-order valence-electron chi connectivity index (χ3n) is 3.16. The van der Waals surface area contributed by atoms with Crippen molar-refractivity contribution in [2.75, 3.05) is 13.7 Å². The summed E-state index contributed by atoms with van der Waals surface area (Å²) in [5.74, 6) is -1.69. The van der Waals surface area contributed by atoms with Crippen LogP contribution in [0.4, 0.5) is 0 Å². The smallest absolute Gasteiger partial charge is 0.330 e. The molecule has 19 heavy (non-hydrogen) atoms. The van der Waals surface area contributed by atoms with Gasteiger partial charge in [0.1, 0.15) is 12.7 Å². The first kappa shape index (κ1) is 13.9. The number of aromatic amines is 1. The summed E-state index contributed by atoms with van der Waals surface area (Å²) in [5, 5.41) is 19.2. The Morgan fingerprint density at radius 1 is 1.63 bits per heavy atom. The number of hydrogen-bond donors (Lipinski definition) is 4. The molecule has 1 aliphatic heterocycles. The fraction of sp³-hybridized carbons (Fsp3) is 0.600. The topological polar surface area (TPSA) is 140 Å². The van der Waals surface area contributed by atoms with Crippen molar-refractivity contribution in [1.82, 2.24) is 9.55 Å². The lowest BCUT2D eigenvalue weighted by molar-refractivity contribution is -0.269. The SMILES string of the molecule is CO[C@]1(CO)O[C@@H](n2ccc(=O)[nH]c2=O)[C@H](N)[C@@H]1O. The summed E-state index contributed by atoms with van der Waals surface area (Å²) in [5.41, 5.74) is 4.48. The van der Waals surface area contributed by atoms with Crippen LogP contribution in [0.2, 0.25) is 0 Å². The van der Waals surface area contributed by atoms with Gasteiger partial charge in [-0.1, -0.05) is 0 Å². The number of nitrogens with zero attached hydrogens (tertiary/aromatic N) is 1. The molecule has 0 saturated carbocycles. The van der Waals surface area contributed by atoms with Crippen LogP contribution in [0.5, 0.6) is 0 Å². The molecule has 106 valence electrons. The van der Waals surface area contributed by atoms with E-state index in [1.807, 2.05) is 4.98 Å². The van der Waals surface area contributed by atoms with Crippen LogP contribution in [0, 0.1) is 0 Å². The van der Waals surface area contributed by atoms with E-state index in [9.17, 15) is 19.8 Å². The third kappa shape index (κ3) is 2.11. The van der Waals surface area contributed by atoms with E-state index < -0.39 is 42.0 Å². The molecule has 1 saturated heterocycles. The Labute approximate surface area is 107 Å². The van der Waals surface area contributed by atoms with Crippen LogP contribution in [0.25, 0.3) is 0 Å². The van der Waals surface area contributed by atoms with Gasteiger partial charge in [0, 0.05) is 19.4 Å². The van der Waals surface area contributed by atoms with Gasteiger partial charge >= 0.3 is 5.69 Å². The highest BCUT2D eigenvalue weighted by Gasteiger charge is 2.54. The molecule has 1 aromatic rings. The van der Waals surface area contributed by atoms with E-state index in [-0.39, 0.29) is 0 Å². The van der Waals surface area contributed by atoms with Gasteiger partial charge in [0.15, 0.2) is 6.23 Å². The van der Waals surface area contributed by atoms with Crippen LogP contribution in [0.1, 0.15) is 6.23 Å². The lowest BCUT2D eigenvalue weighted by Crippen LogP contribution is -2.50. The van der Waals surface area contributed by atoms with E-state index in [2.05, 4.69) is 0 Å². The molecule has 0 aliphatic carbocycles. The summed E-state index contributed by atoms with van der Waals surface area (Å²) in [6.07, 6.45) is -1.19. The van der Waals surface area contributed by atoms with Crippen LogP contribution in [0.3, 0.4) is 0 Å². The number of nitrogens with two attached hydrogens (primary N) is 1. The highest BCUT2D eigenvalue weighted by atomic mass is 16.7. The van der Waals surface area contributed by atoms with E-state index in [4.69, 9.17) is 15.2 Å². The normalized spacial score (nSPS) is 34.6. The van der Waals surface area contributed by atoms with Gasteiger partial charge in [0.25, 0.3) is 5.56 Å². The molecule has 1 aliphatic rings. The summed E-state index contributed by atoms with van der Waals surface area (Å²) < 4.78 is 11.3. The molecule has 4 atom stereocenters. The monoisotopic (exact) mass is 273 g/mol. The molecule has 2 heterocycles. The van der Waals surface area contributed by atoms with Gasteiger partial charge in [-0.2, -0.15) is 0 Å². The molecule has 0 spiro atoms. The van der Waals surface area contributed by atoms with Crippen LogP contribution >= 0.6 is 0 Å². The first-order valence-electron chi connectivity index (χ1n) is 5.54. The first-order valence-corrected chi connectivity index (χ1v) is 5.54. The van der Waals surface area contributed by atoms with E-state index in [0.717, 1.165) is 10.6 Å². The van der Waals surface area contributed by atoms with Crippen LogP contribution < -0.4 is 17.0 Å². The van der Waals surface area contributed by atoms with E-state index >= 15 is 0 Å². The second kappa shape index (κ2) is 4.87. The number of hydrogen-bond acceptors (Lipinski definition) is 7. The quantitative estimate of drug-likeness (QED) is 0.462. The minimum absolute atomic E-state index is 0.562. The van der Waals surface area contributed by atoms with Crippen molar-refractivity contribution in [2.24, 2.45) is 5.73 Å². The molecule has 0 radical (unpaired) electrons. The van der Waals surface area contributed by atoms with Crippen LogP contribution in [-0.4, -0.2) is 51.4 Å². The van der Waals surface area contributed by atoms with Gasteiger partial charge < -0.3 is 25.4 Å². The minimum atomic E-state index is -1.69. The molecular weight excluding hydrogens is 258 g/mol. The van der Waals surface area contributed by atoms with Crippen molar-refractivity contribution in [3.05, 3.63) is 33.1 Å². The number of ether oxygens (including phenoxy) is 2. The lowest BCUT2D eigenvalue weighted by Gasteiger charge is -2.28. The average Bonchev–Trinajstić information content (AvgIpc) is 2.64. The Morgan fingerprint density at radius 2 is 2.32 bits per heavy atom. The highest BCUT2D eigenvalue weighted by Crippen LogP contribution is 2.35. The van der Waals surface area contributed by atoms with Gasteiger partial charge in [-0.15, -0.1) is 0 Å². The Morgan fingerprint density at radius 3 is 2.79 bits per heavy atom. The van der Waals surface area contributed by atoms with Gasteiger partial charge in [0.05, 0.1) is 6.04 Å². The molecule has 0 unspecified atom stereocenters. The highest BCUT2D eigenvalue weighted by molar-refractivity contribution is 4.99. The largest absolute Gasteiger partial charge is 0.391 e. The lowest BCUT2D eigenvalue weighted by atomic mass is 10.1. The number of rotatable bonds is 3. The molecule has 0 bridgehead atoms. The summed E-state index contributed by atoms with van der Waals surface area (Å²) >= 11 is 0. The van der Waals surface area contributed by atoms with E-state index in [1.165, 1.54) is 13.3 Å². The first-order chi connectivity index (χ1) is 8.95. The zero-order valence-corrected chi connectivity index (χ0v) is 10.1. The van der Waals surface area contributed by atoms with Crippen LogP contribution in [0.15, 0.2) is 21.9 Å². The van der Waals surface area contributed by atoms with E-state index in [1.54, 1.807) is 0 Å². The molecular formula is C10H15N3O6. The molecule has 1 fully saturated rings. The molecule has 9 heteroatoms. The molecule has 9 nitrogen and oxygen atoms in total. The predicted octanol–water partition coefficient (Wildman–Crippen LogP) is -2.91. The summed E-state index contributed by atoms with van der Waals surface area (Å²) in [7, 11) is 1.24. The van der Waals surface area contributed by atoms with Gasteiger partial charge in [-0.05, 0) is 0 Å². The third-order valence-corrected chi connectivity index (χ3v) is 3.16. The second-order valence-corrected chi connectivity index (χ2v) is 4.22. The summed E-state index contributed by atoms with van der Waals surface area (Å²) in [6, 6.07) is 0.117. The number of nitrogens with one attached hydrogen (secondary N) is 1. The maximum absolute atomic E-state index is 11.7. The molecule has 5 N–H and O–H groups in total. The van der Waals surface area contributed by atoms with Crippen molar-refractivity contribution in [3.8, 4) is 0 Å². The summed E-state index contributed by atoms with van der Waals surface area (Å²) in [4.78, 5) is 24.7. The van der Waals surface area contributed by atoms with Crippen LogP contribution in [-0.2, 0) is 9.47 Å².